The normalized spacial score (nSPS) is 26.5. The minimum Gasteiger partial charge on any atom is -0.380 e. The van der Waals surface area contributed by atoms with Crippen molar-refractivity contribution in [3.8, 4) is 0 Å². The number of likely N-dealkylation sites (N-methyl/N-ethyl adjacent to an activating group) is 2. The Morgan fingerprint density at radius 2 is 2.06 bits per heavy atom. The standard InChI is InChI=1S/C11H21F3N2O/c1-3-15-9-5-6-17-7-10(9)16(4-2)8-11(12,13)14/h9-10,15H,3-8H2,1-2H3. The molecule has 6 heteroatoms. The quantitative estimate of drug-likeness (QED) is 0.807. The third-order valence-electron chi connectivity index (χ3n) is 3.05. The number of halogens is 3. The molecule has 1 fully saturated rings. The lowest BCUT2D eigenvalue weighted by atomic mass is 10.0. The van der Waals surface area contributed by atoms with E-state index in [1.165, 1.54) is 4.90 Å². The van der Waals surface area contributed by atoms with Crippen LogP contribution in [0.15, 0.2) is 0 Å². The number of nitrogens with one attached hydrogen (secondary N) is 1. The molecule has 1 N–H and O–H groups in total. The van der Waals surface area contributed by atoms with Gasteiger partial charge in [0.1, 0.15) is 0 Å². The molecule has 0 spiro atoms. The van der Waals surface area contributed by atoms with Crippen LogP contribution in [0.1, 0.15) is 20.3 Å². The molecule has 1 rings (SSSR count). The van der Waals surface area contributed by atoms with E-state index < -0.39 is 12.7 Å². The van der Waals surface area contributed by atoms with Gasteiger partial charge in [0.15, 0.2) is 0 Å². The number of hydrogen-bond acceptors (Lipinski definition) is 3. The number of ether oxygens (including phenoxy) is 1. The third kappa shape index (κ3) is 4.81. The van der Waals surface area contributed by atoms with E-state index in [2.05, 4.69) is 5.32 Å². The van der Waals surface area contributed by atoms with Gasteiger partial charge in [-0.25, -0.2) is 0 Å². The molecule has 2 unspecified atom stereocenters. The molecule has 1 aliphatic rings. The molecule has 17 heavy (non-hydrogen) atoms. The number of rotatable bonds is 5. The molecule has 0 radical (unpaired) electrons. The summed E-state index contributed by atoms with van der Waals surface area (Å²) in [7, 11) is 0. The first kappa shape index (κ1) is 14.7. The summed E-state index contributed by atoms with van der Waals surface area (Å²) >= 11 is 0. The Morgan fingerprint density at radius 1 is 1.35 bits per heavy atom. The fourth-order valence-corrected chi connectivity index (χ4v) is 2.28. The first-order valence-electron chi connectivity index (χ1n) is 6.09. The lowest BCUT2D eigenvalue weighted by Crippen LogP contribution is -2.57. The fraction of sp³-hybridized carbons (Fsp3) is 1.00. The molecule has 0 bridgehead atoms. The van der Waals surface area contributed by atoms with Gasteiger partial charge in [-0.05, 0) is 19.5 Å². The third-order valence-corrected chi connectivity index (χ3v) is 3.05. The van der Waals surface area contributed by atoms with Gasteiger partial charge < -0.3 is 10.1 Å². The Balaban J connectivity index is 2.63. The molecule has 1 saturated heterocycles. The molecule has 1 aliphatic heterocycles. The maximum Gasteiger partial charge on any atom is 0.401 e. The van der Waals surface area contributed by atoms with Gasteiger partial charge in [0.2, 0.25) is 0 Å². The van der Waals surface area contributed by atoms with Crippen molar-refractivity contribution in [1.82, 2.24) is 10.2 Å². The maximum atomic E-state index is 12.5. The summed E-state index contributed by atoms with van der Waals surface area (Å²) in [4.78, 5) is 1.45. The lowest BCUT2D eigenvalue weighted by molar-refractivity contribution is -0.157. The van der Waals surface area contributed by atoms with Gasteiger partial charge in [0, 0.05) is 18.7 Å². The minimum absolute atomic E-state index is 0.0936. The second kappa shape index (κ2) is 6.56. The van der Waals surface area contributed by atoms with Crippen LogP contribution in [0.3, 0.4) is 0 Å². The number of alkyl halides is 3. The van der Waals surface area contributed by atoms with Crippen molar-refractivity contribution in [1.29, 1.82) is 0 Å². The Kier molecular flexibility index (Phi) is 5.69. The average Bonchev–Trinajstić information content (AvgIpc) is 2.26. The van der Waals surface area contributed by atoms with Crippen molar-refractivity contribution in [3.05, 3.63) is 0 Å². The van der Waals surface area contributed by atoms with Crippen LogP contribution in [-0.4, -0.2) is 56.0 Å². The van der Waals surface area contributed by atoms with Gasteiger partial charge in [-0.1, -0.05) is 13.8 Å². The molecule has 0 aliphatic carbocycles. The molecule has 0 aromatic rings. The van der Waals surface area contributed by atoms with E-state index in [0.29, 0.717) is 19.8 Å². The van der Waals surface area contributed by atoms with Crippen LogP contribution in [0.2, 0.25) is 0 Å². The molecule has 1 heterocycles. The van der Waals surface area contributed by atoms with Gasteiger partial charge in [0.25, 0.3) is 0 Å². The summed E-state index contributed by atoms with van der Waals surface area (Å²) in [6.07, 6.45) is -3.38. The predicted octanol–water partition coefficient (Wildman–Crippen LogP) is 1.64. The van der Waals surface area contributed by atoms with Crippen molar-refractivity contribution < 1.29 is 17.9 Å². The van der Waals surface area contributed by atoms with Gasteiger partial charge in [-0.15, -0.1) is 0 Å². The zero-order chi connectivity index (χ0) is 12.9. The Bertz CT molecular complexity index is 221. The van der Waals surface area contributed by atoms with Gasteiger partial charge >= 0.3 is 6.18 Å². The molecule has 0 amide bonds. The molecule has 0 saturated carbocycles. The highest BCUT2D eigenvalue weighted by atomic mass is 19.4. The Labute approximate surface area is 100 Å². The summed E-state index contributed by atoms with van der Waals surface area (Å²) < 4.78 is 42.7. The van der Waals surface area contributed by atoms with Crippen molar-refractivity contribution >= 4 is 0 Å². The lowest BCUT2D eigenvalue weighted by Gasteiger charge is -2.39. The maximum absolute atomic E-state index is 12.5. The average molecular weight is 254 g/mol. The minimum atomic E-state index is -4.15. The first-order valence-corrected chi connectivity index (χ1v) is 6.09. The van der Waals surface area contributed by atoms with Gasteiger partial charge in [-0.2, -0.15) is 13.2 Å². The summed E-state index contributed by atoms with van der Waals surface area (Å²) in [6.45, 7) is 5.01. The van der Waals surface area contributed by atoms with Crippen LogP contribution >= 0.6 is 0 Å². The van der Waals surface area contributed by atoms with Crippen LogP contribution < -0.4 is 5.32 Å². The summed E-state index contributed by atoms with van der Waals surface area (Å²) in [6, 6.07) is -0.0913. The van der Waals surface area contributed by atoms with Crippen molar-refractivity contribution in [2.45, 2.75) is 38.5 Å². The Hall–Kier alpha value is -0.330. The molecule has 2 atom stereocenters. The largest absolute Gasteiger partial charge is 0.401 e. The second-order valence-electron chi connectivity index (χ2n) is 4.27. The highest BCUT2D eigenvalue weighted by Crippen LogP contribution is 2.21. The smallest absolute Gasteiger partial charge is 0.380 e. The van der Waals surface area contributed by atoms with Crippen LogP contribution in [0.5, 0.6) is 0 Å². The summed E-state index contributed by atoms with van der Waals surface area (Å²) in [5, 5.41) is 3.25. The second-order valence-corrected chi connectivity index (χ2v) is 4.27. The van der Waals surface area contributed by atoms with E-state index in [0.717, 1.165) is 13.0 Å². The number of hydrogen-bond donors (Lipinski definition) is 1. The molecular weight excluding hydrogens is 233 g/mol. The SMILES string of the molecule is CCNC1CCOCC1N(CC)CC(F)(F)F. The van der Waals surface area contributed by atoms with E-state index in [4.69, 9.17) is 4.74 Å². The van der Waals surface area contributed by atoms with Crippen molar-refractivity contribution in [2.24, 2.45) is 0 Å². The molecule has 3 nitrogen and oxygen atoms in total. The van der Waals surface area contributed by atoms with Crippen LogP contribution in [-0.2, 0) is 4.74 Å². The van der Waals surface area contributed by atoms with E-state index in [1.54, 1.807) is 6.92 Å². The molecule has 102 valence electrons. The number of nitrogens with zero attached hydrogens (tertiary/aromatic N) is 1. The van der Waals surface area contributed by atoms with Crippen LogP contribution in [0.4, 0.5) is 13.2 Å². The van der Waals surface area contributed by atoms with E-state index in [9.17, 15) is 13.2 Å². The summed E-state index contributed by atoms with van der Waals surface area (Å²) in [5.41, 5.74) is 0. The van der Waals surface area contributed by atoms with Crippen molar-refractivity contribution in [3.63, 3.8) is 0 Å². The van der Waals surface area contributed by atoms with Gasteiger partial charge in [-0.3, -0.25) is 4.90 Å². The monoisotopic (exact) mass is 254 g/mol. The van der Waals surface area contributed by atoms with E-state index >= 15 is 0 Å². The van der Waals surface area contributed by atoms with Gasteiger partial charge in [0.05, 0.1) is 13.2 Å². The zero-order valence-electron chi connectivity index (χ0n) is 10.4. The zero-order valence-corrected chi connectivity index (χ0v) is 10.4. The van der Waals surface area contributed by atoms with E-state index in [1.807, 2.05) is 6.92 Å². The molecule has 0 aromatic heterocycles. The topological polar surface area (TPSA) is 24.5 Å². The van der Waals surface area contributed by atoms with Crippen LogP contribution in [0, 0.1) is 0 Å². The van der Waals surface area contributed by atoms with E-state index in [-0.39, 0.29) is 12.1 Å². The predicted molar refractivity (Wildman–Crippen MR) is 60.0 cm³/mol. The van der Waals surface area contributed by atoms with Crippen molar-refractivity contribution in [2.75, 3.05) is 32.8 Å². The fourth-order valence-electron chi connectivity index (χ4n) is 2.28. The summed E-state index contributed by atoms with van der Waals surface area (Å²) in [5.74, 6) is 0. The van der Waals surface area contributed by atoms with Crippen LogP contribution in [0.25, 0.3) is 0 Å². The highest BCUT2D eigenvalue weighted by molar-refractivity contribution is 4.87. The molecule has 0 aromatic carbocycles. The Morgan fingerprint density at radius 3 is 2.59 bits per heavy atom. The highest BCUT2D eigenvalue weighted by Gasteiger charge is 2.37. The molecular formula is C11H21F3N2O. The first-order chi connectivity index (χ1) is 7.98.